The van der Waals surface area contributed by atoms with Crippen molar-refractivity contribution in [3.8, 4) is 0 Å². The van der Waals surface area contributed by atoms with Crippen LogP contribution in [-0.4, -0.2) is 36.0 Å². The Labute approximate surface area is 102 Å². The summed E-state index contributed by atoms with van der Waals surface area (Å²) in [5.74, 6) is -0.478. The maximum atomic E-state index is 11.5. The first-order valence-electron chi connectivity index (χ1n) is 6.65. The van der Waals surface area contributed by atoms with E-state index >= 15 is 0 Å². The molecule has 0 aromatic carbocycles. The predicted molar refractivity (Wildman–Crippen MR) is 62.5 cm³/mol. The highest BCUT2D eigenvalue weighted by atomic mass is 16.5. The van der Waals surface area contributed by atoms with Crippen LogP contribution in [0, 0.1) is 5.92 Å². The molecule has 98 valence electrons. The highest BCUT2D eigenvalue weighted by Crippen LogP contribution is 2.42. The average Bonchev–Trinajstić information content (AvgIpc) is 2.76. The lowest BCUT2D eigenvalue weighted by Crippen LogP contribution is -2.43. The third-order valence-corrected chi connectivity index (χ3v) is 4.02. The van der Waals surface area contributed by atoms with E-state index in [4.69, 9.17) is 9.47 Å². The van der Waals surface area contributed by atoms with Crippen LogP contribution >= 0.6 is 0 Å². The fourth-order valence-electron chi connectivity index (χ4n) is 3.12. The van der Waals surface area contributed by atoms with Gasteiger partial charge in [0.15, 0.2) is 6.10 Å². The fourth-order valence-corrected chi connectivity index (χ4v) is 3.12. The molecule has 1 N–H and O–H groups in total. The summed E-state index contributed by atoms with van der Waals surface area (Å²) in [6.07, 6.45) is 5.10. The number of hydrogen-bond donors (Lipinski definition) is 1. The van der Waals surface area contributed by atoms with E-state index in [2.05, 4.69) is 0 Å². The summed E-state index contributed by atoms with van der Waals surface area (Å²) in [6.45, 7) is 2.73. The first-order valence-corrected chi connectivity index (χ1v) is 6.65. The van der Waals surface area contributed by atoms with Crippen LogP contribution in [0.3, 0.4) is 0 Å². The highest BCUT2D eigenvalue weighted by Gasteiger charge is 2.43. The first-order chi connectivity index (χ1) is 8.17. The number of carbonyl (C=O) groups excluding carboxylic acids is 1. The molecule has 1 spiro atoms. The molecule has 0 aromatic rings. The van der Waals surface area contributed by atoms with Crippen LogP contribution in [0.5, 0.6) is 0 Å². The normalized spacial score (nSPS) is 29.2. The molecule has 2 atom stereocenters. The third kappa shape index (κ3) is 2.80. The maximum absolute atomic E-state index is 11.5. The van der Waals surface area contributed by atoms with Gasteiger partial charge in [-0.25, -0.2) is 4.79 Å². The van der Waals surface area contributed by atoms with Gasteiger partial charge in [0.1, 0.15) is 0 Å². The molecule has 17 heavy (non-hydrogen) atoms. The molecule has 1 saturated heterocycles. The van der Waals surface area contributed by atoms with Crippen molar-refractivity contribution in [2.75, 3.05) is 13.2 Å². The smallest absolute Gasteiger partial charge is 0.335 e. The quantitative estimate of drug-likeness (QED) is 0.765. The molecule has 1 aliphatic carbocycles. The largest absolute Gasteiger partial charge is 0.464 e. The summed E-state index contributed by atoms with van der Waals surface area (Å²) >= 11 is 0. The minimum absolute atomic E-state index is 0.000833. The summed E-state index contributed by atoms with van der Waals surface area (Å²) in [7, 11) is 0. The second-order valence-electron chi connectivity index (χ2n) is 5.19. The van der Waals surface area contributed by atoms with Gasteiger partial charge >= 0.3 is 5.97 Å². The summed E-state index contributed by atoms with van der Waals surface area (Å²) in [5, 5.41) is 9.99. The number of carbonyl (C=O) groups is 1. The van der Waals surface area contributed by atoms with Crippen molar-refractivity contribution in [2.45, 2.75) is 57.2 Å². The molecule has 2 aliphatic rings. The van der Waals surface area contributed by atoms with Gasteiger partial charge in [0.05, 0.1) is 12.2 Å². The SMILES string of the molecule is CCOC(=O)C(O)C1CCOC2(CCCC2)C1. The van der Waals surface area contributed by atoms with Gasteiger partial charge in [-0.05, 0) is 32.6 Å². The number of ether oxygens (including phenoxy) is 2. The van der Waals surface area contributed by atoms with Gasteiger partial charge in [-0.3, -0.25) is 0 Å². The van der Waals surface area contributed by atoms with Crippen molar-refractivity contribution in [3.63, 3.8) is 0 Å². The summed E-state index contributed by atoms with van der Waals surface area (Å²) in [4.78, 5) is 11.5. The van der Waals surface area contributed by atoms with Crippen LogP contribution in [0.1, 0.15) is 45.4 Å². The Balaban J connectivity index is 1.94. The topological polar surface area (TPSA) is 55.8 Å². The molecule has 1 heterocycles. The molecule has 1 aliphatic heterocycles. The van der Waals surface area contributed by atoms with E-state index in [-0.39, 0.29) is 11.5 Å². The minimum Gasteiger partial charge on any atom is -0.464 e. The van der Waals surface area contributed by atoms with Crippen molar-refractivity contribution >= 4 is 5.97 Å². The van der Waals surface area contributed by atoms with Gasteiger partial charge in [-0.1, -0.05) is 12.8 Å². The van der Waals surface area contributed by atoms with E-state index in [1.54, 1.807) is 6.92 Å². The number of hydrogen-bond acceptors (Lipinski definition) is 4. The van der Waals surface area contributed by atoms with Crippen LogP contribution in [0.2, 0.25) is 0 Å². The molecule has 4 nitrogen and oxygen atoms in total. The molecule has 2 fully saturated rings. The zero-order valence-corrected chi connectivity index (χ0v) is 10.5. The average molecular weight is 242 g/mol. The molecule has 4 heteroatoms. The summed E-state index contributed by atoms with van der Waals surface area (Å²) in [6, 6.07) is 0. The fraction of sp³-hybridized carbons (Fsp3) is 0.923. The molecule has 0 bridgehead atoms. The lowest BCUT2D eigenvalue weighted by Gasteiger charge is -2.39. The molecule has 0 radical (unpaired) electrons. The first kappa shape index (κ1) is 12.8. The van der Waals surface area contributed by atoms with Crippen molar-refractivity contribution in [1.29, 1.82) is 0 Å². The third-order valence-electron chi connectivity index (χ3n) is 4.02. The zero-order chi connectivity index (χ0) is 12.3. The van der Waals surface area contributed by atoms with Crippen LogP contribution in [0.4, 0.5) is 0 Å². The Morgan fingerprint density at radius 2 is 2.24 bits per heavy atom. The molecule has 2 rings (SSSR count). The van der Waals surface area contributed by atoms with Gasteiger partial charge in [0.25, 0.3) is 0 Å². The Kier molecular flexibility index (Phi) is 4.05. The number of rotatable bonds is 3. The van der Waals surface area contributed by atoms with Crippen LogP contribution in [0.25, 0.3) is 0 Å². The lowest BCUT2D eigenvalue weighted by atomic mass is 9.81. The van der Waals surface area contributed by atoms with Crippen molar-refractivity contribution < 1.29 is 19.4 Å². The Hall–Kier alpha value is -0.610. The zero-order valence-electron chi connectivity index (χ0n) is 10.5. The Bertz CT molecular complexity index is 271. The van der Waals surface area contributed by atoms with Gasteiger partial charge in [0.2, 0.25) is 0 Å². The van der Waals surface area contributed by atoms with E-state index in [0.717, 1.165) is 25.7 Å². The predicted octanol–water partition coefficient (Wildman–Crippen LogP) is 1.65. The summed E-state index contributed by atoms with van der Waals surface area (Å²) in [5.41, 5.74) is -0.0591. The Morgan fingerprint density at radius 1 is 1.53 bits per heavy atom. The standard InChI is InChI=1S/C13H22O4/c1-2-16-12(15)11(14)10-5-8-17-13(9-10)6-3-4-7-13/h10-11,14H,2-9H2,1H3. The number of esters is 1. The van der Waals surface area contributed by atoms with E-state index in [1.165, 1.54) is 12.8 Å². The highest BCUT2D eigenvalue weighted by molar-refractivity contribution is 5.74. The van der Waals surface area contributed by atoms with Crippen molar-refractivity contribution in [1.82, 2.24) is 0 Å². The van der Waals surface area contributed by atoms with Gasteiger partial charge < -0.3 is 14.6 Å². The van der Waals surface area contributed by atoms with Crippen molar-refractivity contribution in [2.24, 2.45) is 5.92 Å². The number of aliphatic hydroxyl groups is 1. The van der Waals surface area contributed by atoms with E-state index in [1.807, 2.05) is 0 Å². The van der Waals surface area contributed by atoms with Gasteiger partial charge in [0, 0.05) is 12.5 Å². The van der Waals surface area contributed by atoms with E-state index in [0.29, 0.717) is 13.2 Å². The van der Waals surface area contributed by atoms with Crippen LogP contribution < -0.4 is 0 Å². The van der Waals surface area contributed by atoms with Gasteiger partial charge in [-0.15, -0.1) is 0 Å². The lowest BCUT2D eigenvalue weighted by molar-refractivity contribution is -0.164. The molecule has 0 aromatic heterocycles. The van der Waals surface area contributed by atoms with Crippen LogP contribution in [0.15, 0.2) is 0 Å². The minimum atomic E-state index is -0.976. The van der Waals surface area contributed by atoms with E-state index in [9.17, 15) is 9.90 Å². The maximum Gasteiger partial charge on any atom is 0.335 e. The van der Waals surface area contributed by atoms with Gasteiger partial charge in [-0.2, -0.15) is 0 Å². The summed E-state index contributed by atoms with van der Waals surface area (Å²) < 4.78 is 10.8. The Morgan fingerprint density at radius 3 is 2.88 bits per heavy atom. The van der Waals surface area contributed by atoms with Crippen LogP contribution in [-0.2, 0) is 14.3 Å². The number of aliphatic hydroxyl groups excluding tert-OH is 1. The molecule has 0 amide bonds. The second-order valence-corrected chi connectivity index (χ2v) is 5.19. The molecular weight excluding hydrogens is 220 g/mol. The monoisotopic (exact) mass is 242 g/mol. The van der Waals surface area contributed by atoms with Crippen molar-refractivity contribution in [3.05, 3.63) is 0 Å². The molecule has 2 unspecified atom stereocenters. The van der Waals surface area contributed by atoms with E-state index < -0.39 is 12.1 Å². The molecular formula is C13H22O4. The second kappa shape index (κ2) is 5.36. The molecule has 1 saturated carbocycles.